The number of allylic oxidation sites excluding steroid dienone is 2. The molecule has 0 spiro atoms. The Hall–Kier alpha value is -4.12. The summed E-state index contributed by atoms with van der Waals surface area (Å²) in [7, 11) is 0. The number of hydrogen-bond donors (Lipinski definition) is 2. The average Bonchev–Trinajstić information content (AvgIpc) is 3.29. The third-order valence-corrected chi connectivity index (χ3v) is 7.77. The number of unbranched alkanes of at least 4 members (excludes halogenated alkanes) is 1. The topological polar surface area (TPSA) is 74.7 Å². The monoisotopic (exact) mass is 534 g/mol. The summed E-state index contributed by atoms with van der Waals surface area (Å²) in [6.07, 6.45) is 4.24. The van der Waals surface area contributed by atoms with Crippen LogP contribution in [0.1, 0.15) is 67.3 Å². The first-order chi connectivity index (χ1) is 19.5. The molecule has 40 heavy (non-hydrogen) atoms. The van der Waals surface area contributed by atoms with Gasteiger partial charge in [-0.2, -0.15) is 0 Å². The van der Waals surface area contributed by atoms with Gasteiger partial charge in [-0.05, 0) is 67.0 Å². The Morgan fingerprint density at radius 1 is 1.02 bits per heavy atom. The number of fused-ring (bicyclic) bond motifs is 1. The van der Waals surface area contributed by atoms with Crippen LogP contribution in [0.25, 0.3) is 10.9 Å². The van der Waals surface area contributed by atoms with Crippen molar-refractivity contribution < 1.29 is 14.6 Å². The zero-order valence-electron chi connectivity index (χ0n) is 23.5. The lowest BCUT2D eigenvalue weighted by Gasteiger charge is -2.24. The second-order valence-corrected chi connectivity index (χ2v) is 10.7. The molecule has 2 N–H and O–H groups in total. The number of aromatic nitrogens is 1. The number of H-pyrrole nitrogens is 1. The first-order valence-electron chi connectivity index (χ1n) is 14.3. The molecule has 0 fully saturated rings. The number of ketones is 1. The van der Waals surface area contributed by atoms with Crippen LogP contribution in [0.15, 0.2) is 95.2 Å². The number of nitrogens with one attached hydrogen (secondary N) is 1. The second kappa shape index (κ2) is 12.8. The van der Waals surface area contributed by atoms with E-state index in [0.717, 1.165) is 58.4 Å². The number of ether oxygens (including phenoxy) is 1. The maximum absolute atomic E-state index is 13.3. The molecule has 1 aliphatic rings. The van der Waals surface area contributed by atoms with E-state index < -0.39 is 0 Å². The zero-order valence-corrected chi connectivity index (χ0v) is 23.5. The van der Waals surface area contributed by atoms with Crippen molar-refractivity contribution >= 4 is 22.4 Å². The van der Waals surface area contributed by atoms with Gasteiger partial charge < -0.3 is 14.8 Å². The van der Waals surface area contributed by atoms with Gasteiger partial charge in [0.25, 0.3) is 0 Å². The van der Waals surface area contributed by atoms with Gasteiger partial charge in [0, 0.05) is 41.7 Å². The Morgan fingerprint density at radius 3 is 2.50 bits per heavy atom. The SMILES string of the molecule is CCCCC(=NCCc1c(C)[nH]c2ccc(OCc3ccccc3)cc12)C1=C(O)CC(c2ccccc2)CC1=O. The summed E-state index contributed by atoms with van der Waals surface area (Å²) < 4.78 is 6.08. The van der Waals surface area contributed by atoms with Crippen LogP contribution in [0.3, 0.4) is 0 Å². The van der Waals surface area contributed by atoms with Crippen molar-refractivity contribution in [3.8, 4) is 5.75 Å². The normalized spacial score (nSPS) is 16.1. The molecule has 1 atom stereocenters. The van der Waals surface area contributed by atoms with Crippen LogP contribution in [0.4, 0.5) is 0 Å². The highest BCUT2D eigenvalue weighted by Gasteiger charge is 2.31. The molecule has 206 valence electrons. The Bertz CT molecular complexity index is 1520. The summed E-state index contributed by atoms with van der Waals surface area (Å²) >= 11 is 0. The van der Waals surface area contributed by atoms with E-state index >= 15 is 0 Å². The molecule has 5 nitrogen and oxygen atoms in total. The van der Waals surface area contributed by atoms with Crippen molar-refractivity contribution in [3.63, 3.8) is 0 Å². The van der Waals surface area contributed by atoms with Crippen LogP contribution >= 0.6 is 0 Å². The van der Waals surface area contributed by atoms with Crippen LogP contribution in [0.2, 0.25) is 0 Å². The molecule has 0 radical (unpaired) electrons. The Morgan fingerprint density at radius 2 is 1.77 bits per heavy atom. The number of carbonyl (C=O) groups is 1. The van der Waals surface area contributed by atoms with Crippen molar-refractivity contribution in [1.82, 2.24) is 4.98 Å². The molecule has 5 heteroatoms. The highest BCUT2D eigenvalue weighted by molar-refractivity contribution is 6.23. The first kappa shape index (κ1) is 27.4. The highest BCUT2D eigenvalue weighted by Crippen LogP contribution is 2.35. The lowest BCUT2D eigenvalue weighted by molar-refractivity contribution is -0.116. The third-order valence-electron chi connectivity index (χ3n) is 7.77. The molecule has 0 saturated heterocycles. The number of benzene rings is 3. The van der Waals surface area contributed by atoms with Crippen LogP contribution in [0, 0.1) is 6.92 Å². The number of rotatable bonds is 11. The fourth-order valence-electron chi connectivity index (χ4n) is 5.63. The summed E-state index contributed by atoms with van der Waals surface area (Å²) in [5.41, 5.74) is 6.82. The molecule has 0 aliphatic heterocycles. The van der Waals surface area contributed by atoms with Gasteiger partial charge in [-0.3, -0.25) is 9.79 Å². The third kappa shape index (κ3) is 6.36. The predicted octanol–water partition coefficient (Wildman–Crippen LogP) is 8.19. The lowest BCUT2D eigenvalue weighted by Crippen LogP contribution is -2.24. The van der Waals surface area contributed by atoms with E-state index in [4.69, 9.17) is 9.73 Å². The minimum atomic E-state index is -0.00376. The van der Waals surface area contributed by atoms with E-state index in [1.807, 2.05) is 54.6 Å². The number of aliphatic imine (C=N–C) groups is 1. The van der Waals surface area contributed by atoms with Gasteiger partial charge in [-0.15, -0.1) is 0 Å². The van der Waals surface area contributed by atoms with E-state index in [-0.39, 0.29) is 17.5 Å². The van der Waals surface area contributed by atoms with Gasteiger partial charge in [0.1, 0.15) is 18.1 Å². The van der Waals surface area contributed by atoms with Crippen LogP contribution in [-0.4, -0.2) is 28.1 Å². The van der Waals surface area contributed by atoms with Crippen molar-refractivity contribution in [2.45, 2.75) is 64.9 Å². The van der Waals surface area contributed by atoms with Crippen LogP contribution < -0.4 is 4.74 Å². The van der Waals surface area contributed by atoms with Gasteiger partial charge in [0.2, 0.25) is 0 Å². The van der Waals surface area contributed by atoms with Crippen molar-refractivity contribution in [3.05, 3.63) is 113 Å². The summed E-state index contributed by atoms with van der Waals surface area (Å²) in [5.74, 6) is 1.02. The summed E-state index contributed by atoms with van der Waals surface area (Å²) in [6, 6.07) is 26.3. The maximum atomic E-state index is 13.3. The highest BCUT2D eigenvalue weighted by atomic mass is 16.5. The summed E-state index contributed by atoms with van der Waals surface area (Å²) in [5, 5.41) is 12.2. The van der Waals surface area contributed by atoms with Crippen molar-refractivity contribution in [2.24, 2.45) is 4.99 Å². The van der Waals surface area contributed by atoms with Gasteiger partial charge in [0.15, 0.2) is 5.78 Å². The molecular weight excluding hydrogens is 496 g/mol. The minimum absolute atomic E-state index is 0.00376. The fourth-order valence-corrected chi connectivity index (χ4v) is 5.63. The van der Waals surface area contributed by atoms with Gasteiger partial charge in [-0.25, -0.2) is 0 Å². The number of aliphatic hydroxyl groups excluding tert-OH is 1. The van der Waals surface area contributed by atoms with E-state index in [2.05, 4.69) is 43.1 Å². The molecule has 1 unspecified atom stereocenters. The number of hydrogen-bond acceptors (Lipinski definition) is 4. The van der Waals surface area contributed by atoms with Crippen LogP contribution in [-0.2, 0) is 17.8 Å². The molecule has 3 aromatic carbocycles. The first-order valence-corrected chi connectivity index (χ1v) is 14.3. The molecule has 4 aromatic rings. The Balaban J connectivity index is 1.34. The second-order valence-electron chi connectivity index (χ2n) is 10.7. The quantitative estimate of drug-likeness (QED) is 0.191. The number of aromatic amines is 1. The number of carbonyl (C=O) groups excluding carboxylic acids is 1. The standard InChI is InChI=1S/C35H38N2O3/c1-3-4-15-32(35-33(38)20-27(21-34(35)39)26-13-9-6-10-14-26)36-19-18-29-24(2)37-31-17-16-28(22-30(29)31)40-23-25-11-7-5-8-12-25/h5-14,16-17,22,27,37-38H,3-4,15,18-21,23H2,1-2H3. The smallest absolute Gasteiger partial charge is 0.168 e. The average molecular weight is 535 g/mol. The fraction of sp³-hybridized carbons (Fsp3) is 0.314. The molecule has 1 aromatic heterocycles. The summed E-state index contributed by atoms with van der Waals surface area (Å²) in [4.78, 5) is 21.7. The molecule has 1 heterocycles. The van der Waals surface area contributed by atoms with Crippen molar-refractivity contribution in [1.29, 1.82) is 0 Å². The Labute approximate surface area is 236 Å². The Kier molecular flexibility index (Phi) is 8.80. The molecule has 0 amide bonds. The van der Waals surface area contributed by atoms with Gasteiger partial charge in [-0.1, -0.05) is 74.0 Å². The van der Waals surface area contributed by atoms with Gasteiger partial charge in [0.05, 0.1) is 5.57 Å². The number of aliphatic hydroxyl groups is 1. The number of Topliss-reactive ketones (excluding diaryl/α,β-unsaturated/α-hetero) is 1. The zero-order chi connectivity index (χ0) is 27.9. The van der Waals surface area contributed by atoms with Gasteiger partial charge >= 0.3 is 0 Å². The minimum Gasteiger partial charge on any atom is -0.511 e. The largest absolute Gasteiger partial charge is 0.511 e. The van der Waals surface area contributed by atoms with Crippen LogP contribution in [0.5, 0.6) is 5.75 Å². The molecule has 1 aliphatic carbocycles. The molecular formula is C35H38N2O3. The van der Waals surface area contributed by atoms with E-state index in [1.165, 1.54) is 5.56 Å². The molecule has 0 saturated carbocycles. The van der Waals surface area contributed by atoms with E-state index in [0.29, 0.717) is 38.0 Å². The van der Waals surface area contributed by atoms with E-state index in [1.54, 1.807) is 0 Å². The number of nitrogens with zero attached hydrogens (tertiary/aromatic N) is 1. The summed E-state index contributed by atoms with van der Waals surface area (Å²) in [6.45, 7) is 5.29. The lowest BCUT2D eigenvalue weighted by atomic mass is 9.80. The molecule has 5 rings (SSSR count). The molecule has 0 bridgehead atoms. The van der Waals surface area contributed by atoms with E-state index in [9.17, 15) is 9.90 Å². The van der Waals surface area contributed by atoms with Crippen molar-refractivity contribution in [2.75, 3.05) is 6.54 Å². The maximum Gasteiger partial charge on any atom is 0.168 e. The predicted molar refractivity (Wildman–Crippen MR) is 162 cm³/mol. The number of aryl methyl sites for hydroxylation is 1.